The van der Waals surface area contributed by atoms with E-state index in [0.717, 1.165) is 11.4 Å². The molecule has 0 aliphatic heterocycles. The number of hydrogen-bond acceptors (Lipinski definition) is 1. The molecule has 0 bridgehead atoms. The highest BCUT2D eigenvalue weighted by molar-refractivity contribution is 7.26. The van der Waals surface area contributed by atoms with Crippen molar-refractivity contribution in [2.75, 3.05) is 0 Å². The number of benzene rings is 9. The molecule has 4 heteroatoms. The van der Waals surface area contributed by atoms with Crippen LogP contribution < -0.4 is 0 Å². The molecule has 0 N–H and O–H groups in total. The minimum Gasteiger partial charge on any atom is -0.309 e. The van der Waals surface area contributed by atoms with Crippen LogP contribution in [0.1, 0.15) is 0 Å². The van der Waals surface area contributed by atoms with E-state index in [4.69, 9.17) is 0 Å². The molecule has 13 rings (SSSR count). The van der Waals surface area contributed by atoms with E-state index < -0.39 is 0 Å². The molecule has 3 nitrogen and oxygen atoms in total. The molecule has 0 amide bonds. The Hall–Kier alpha value is -7.40. The summed E-state index contributed by atoms with van der Waals surface area (Å²) in [6.45, 7) is 0. The second kappa shape index (κ2) is 12.1. The van der Waals surface area contributed by atoms with Gasteiger partial charge in [-0.1, -0.05) is 127 Å². The molecule has 9 aromatic carbocycles. The number of rotatable bonds is 4. The molecule has 0 unspecified atom stereocenters. The molecule has 0 saturated carbocycles. The normalized spacial score (nSPS) is 12.1. The Kier molecular flexibility index (Phi) is 6.60. The predicted octanol–water partition coefficient (Wildman–Crippen LogP) is 15.0. The van der Waals surface area contributed by atoms with Gasteiger partial charge in [0.05, 0.1) is 37.8 Å². The van der Waals surface area contributed by atoms with Crippen LogP contribution in [-0.4, -0.2) is 13.7 Å². The molecule has 0 saturated heterocycles. The van der Waals surface area contributed by atoms with E-state index in [0.29, 0.717) is 0 Å². The average molecular weight is 756 g/mol. The first-order valence-electron chi connectivity index (χ1n) is 19.8. The van der Waals surface area contributed by atoms with Gasteiger partial charge < -0.3 is 13.7 Å². The third kappa shape index (κ3) is 4.43. The summed E-state index contributed by atoms with van der Waals surface area (Å²) in [6.07, 6.45) is 0. The smallest absolute Gasteiger partial charge is 0.0719 e. The second-order valence-electron chi connectivity index (χ2n) is 15.3. The molecule has 13 aromatic rings. The Labute approximate surface area is 337 Å². The monoisotopic (exact) mass is 755 g/mol. The first-order chi connectivity index (χ1) is 28.8. The highest BCUT2D eigenvalue weighted by atomic mass is 32.1. The minimum atomic E-state index is 1.15. The molecule has 0 spiro atoms. The minimum absolute atomic E-state index is 1.15. The maximum atomic E-state index is 2.51. The third-order valence-corrected chi connectivity index (χ3v) is 13.4. The number of thiophene rings is 1. The third-order valence-electron chi connectivity index (χ3n) is 12.2. The topological polar surface area (TPSA) is 14.8 Å². The zero-order valence-corrected chi connectivity index (χ0v) is 32.1. The summed E-state index contributed by atoms with van der Waals surface area (Å²) in [6, 6.07) is 73.6. The van der Waals surface area contributed by atoms with Crippen molar-refractivity contribution in [3.63, 3.8) is 0 Å². The SMILES string of the molecule is c1ccc(-c2cccc(-n3c4ccc(-n5c6ccccc6c6ccccc65)cc4c4ccc5c6cc(-n7c8ccccc8c8ccccc87)ccc6sc5c43)c2)cc1. The van der Waals surface area contributed by atoms with Gasteiger partial charge in [0.1, 0.15) is 0 Å². The maximum absolute atomic E-state index is 2.51. The summed E-state index contributed by atoms with van der Waals surface area (Å²) in [4.78, 5) is 0. The number of aromatic nitrogens is 3. The average Bonchev–Trinajstić information content (AvgIpc) is 4.03. The van der Waals surface area contributed by atoms with Gasteiger partial charge in [0.25, 0.3) is 0 Å². The zero-order valence-electron chi connectivity index (χ0n) is 31.3. The quantitative estimate of drug-likeness (QED) is 0.170. The summed E-state index contributed by atoms with van der Waals surface area (Å²) < 4.78 is 9.95. The molecular formula is C54H33N3S. The van der Waals surface area contributed by atoms with Gasteiger partial charge in [-0.25, -0.2) is 0 Å². The summed E-state index contributed by atoms with van der Waals surface area (Å²) in [5.74, 6) is 0. The molecule has 0 fully saturated rings. The van der Waals surface area contributed by atoms with Crippen LogP contribution in [0.2, 0.25) is 0 Å². The Morgan fingerprint density at radius 2 is 0.759 bits per heavy atom. The van der Waals surface area contributed by atoms with Gasteiger partial charge in [-0.15, -0.1) is 11.3 Å². The van der Waals surface area contributed by atoms with Crippen LogP contribution in [0.25, 0.3) is 114 Å². The molecule has 4 heterocycles. The van der Waals surface area contributed by atoms with Crippen LogP contribution >= 0.6 is 11.3 Å². The summed E-state index contributed by atoms with van der Waals surface area (Å²) in [7, 11) is 0. The summed E-state index contributed by atoms with van der Waals surface area (Å²) in [5, 5.41) is 10.1. The fraction of sp³-hybridized carbons (Fsp3) is 0. The van der Waals surface area contributed by atoms with Gasteiger partial charge in [-0.2, -0.15) is 0 Å². The van der Waals surface area contributed by atoms with E-state index in [1.54, 1.807) is 0 Å². The fourth-order valence-electron chi connectivity index (χ4n) is 9.71. The highest BCUT2D eigenvalue weighted by Crippen LogP contribution is 2.45. The fourth-order valence-corrected chi connectivity index (χ4v) is 10.9. The van der Waals surface area contributed by atoms with Crippen molar-refractivity contribution in [1.29, 1.82) is 0 Å². The number of para-hydroxylation sites is 4. The van der Waals surface area contributed by atoms with Crippen LogP contribution in [-0.2, 0) is 0 Å². The first-order valence-corrected chi connectivity index (χ1v) is 20.7. The van der Waals surface area contributed by atoms with Crippen molar-refractivity contribution >= 4 is 96.9 Å². The summed E-state index contributed by atoms with van der Waals surface area (Å²) in [5.41, 5.74) is 13.2. The van der Waals surface area contributed by atoms with Crippen molar-refractivity contribution in [2.45, 2.75) is 0 Å². The van der Waals surface area contributed by atoms with E-state index in [1.165, 1.54) is 102 Å². The lowest BCUT2D eigenvalue weighted by Crippen LogP contribution is -1.96. The van der Waals surface area contributed by atoms with E-state index in [2.05, 4.69) is 214 Å². The largest absolute Gasteiger partial charge is 0.309 e. The van der Waals surface area contributed by atoms with Crippen molar-refractivity contribution in [3.05, 3.63) is 200 Å². The van der Waals surface area contributed by atoms with Gasteiger partial charge in [-0.3, -0.25) is 0 Å². The molecule has 0 radical (unpaired) electrons. The molecule has 0 aliphatic rings. The molecule has 0 atom stereocenters. The van der Waals surface area contributed by atoms with Crippen LogP contribution in [0.3, 0.4) is 0 Å². The van der Waals surface area contributed by atoms with Crippen molar-refractivity contribution in [3.8, 4) is 28.2 Å². The van der Waals surface area contributed by atoms with Gasteiger partial charge in [0.2, 0.25) is 0 Å². The predicted molar refractivity (Wildman–Crippen MR) is 248 cm³/mol. The van der Waals surface area contributed by atoms with Crippen LogP contribution in [0.5, 0.6) is 0 Å². The van der Waals surface area contributed by atoms with Gasteiger partial charge in [0.15, 0.2) is 0 Å². The molecular weight excluding hydrogens is 723 g/mol. The van der Waals surface area contributed by atoms with Crippen LogP contribution in [0.4, 0.5) is 0 Å². The van der Waals surface area contributed by atoms with Crippen molar-refractivity contribution in [2.24, 2.45) is 0 Å². The molecule has 0 aliphatic carbocycles. The maximum Gasteiger partial charge on any atom is 0.0719 e. The highest BCUT2D eigenvalue weighted by Gasteiger charge is 2.21. The van der Waals surface area contributed by atoms with E-state index >= 15 is 0 Å². The molecule has 270 valence electrons. The molecule has 58 heavy (non-hydrogen) atoms. The van der Waals surface area contributed by atoms with E-state index in [1.807, 2.05) is 11.3 Å². The lowest BCUT2D eigenvalue weighted by atomic mass is 10.1. The lowest BCUT2D eigenvalue weighted by molar-refractivity contribution is 1.17. The Bertz CT molecular complexity index is 3690. The van der Waals surface area contributed by atoms with Crippen molar-refractivity contribution in [1.82, 2.24) is 13.7 Å². The standard InChI is InChI=1S/C54H33N3S/c1-2-13-34(14-3-1)35-15-12-16-36(31-35)57-51-29-25-37(55-47-21-8-4-17-39(47)40-18-5-9-22-48(40)55)32-45(51)43-27-28-44-46-33-38(26-30-52(46)58-54(44)53(43)57)56-49-23-10-6-19-41(49)42-20-7-11-24-50(42)56/h1-33H. The Morgan fingerprint density at radius 1 is 0.276 bits per heavy atom. The van der Waals surface area contributed by atoms with Crippen LogP contribution in [0.15, 0.2) is 200 Å². The number of fused-ring (bicyclic) bond motifs is 13. The first kappa shape index (κ1) is 31.8. The van der Waals surface area contributed by atoms with Crippen molar-refractivity contribution < 1.29 is 0 Å². The van der Waals surface area contributed by atoms with E-state index in [9.17, 15) is 0 Å². The van der Waals surface area contributed by atoms with E-state index in [-0.39, 0.29) is 0 Å². The zero-order chi connectivity index (χ0) is 37.9. The van der Waals surface area contributed by atoms with Crippen LogP contribution in [0, 0.1) is 0 Å². The number of hydrogen-bond donors (Lipinski definition) is 0. The summed E-state index contributed by atoms with van der Waals surface area (Å²) >= 11 is 1.90. The Balaban J connectivity index is 1.10. The Morgan fingerprint density at radius 3 is 1.38 bits per heavy atom. The lowest BCUT2D eigenvalue weighted by Gasteiger charge is -2.12. The van der Waals surface area contributed by atoms with Gasteiger partial charge in [0, 0.05) is 64.9 Å². The van der Waals surface area contributed by atoms with Gasteiger partial charge in [-0.05, 0) is 83.9 Å². The second-order valence-corrected chi connectivity index (χ2v) is 16.4. The number of nitrogens with zero attached hydrogens (tertiary/aromatic N) is 3. The van der Waals surface area contributed by atoms with Gasteiger partial charge >= 0.3 is 0 Å². The molecule has 4 aromatic heterocycles.